The molecule has 0 fully saturated rings. The van der Waals surface area contributed by atoms with Gasteiger partial charge in [0.25, 0.3) is 5.89 Å². The molecule has 1 atom stereocenters. The Morgan fingerprint density at radius 2 is 2.33 bits per heavy atom. The summed E-state index contributed by atoms with van der Waals surface area (Å²) in [5.74, 6) is 0.773. The molecule has 1 unspecified atom stereocenters. The summed E-state index contributed by atoms with van der Waals surface area (Å²) in [5, 5.41) is 8.07. The van der Waals surface area contributed by atoms with Crippen molar-refractivity contribution in [1.29, 1.82) is 0 Å². The predicted molar refractivity (Wildman–Crippen MR) is 64.5 cm³/mol. The molecule has 2 aromatic rings. The molecule has 0 saturated heterocycles. The number of nitrogens with two attached hydrogens (primary N) is 1. The lowest BCUT2D eigenvalue weighted by atomic mass is 10.1. The van der Waals surface area contributed by atoms with Crippen LogP contribution in [0.5, 0.6) is 0 Å². The predicted octanol–water partition coefficient (Wildman–Crippen LogP) is 0.681. The first-order chi connectivity index (χ1) is 8.53. The normalized spacial score (nSPS) is 14.7. The van der Waals surface area contributed by atoms with Gasteiger partial charge in [-0.05, 0) is 19.9 Å². The van der Waals surface area contributed by atoms with Gasteiger partial charge in [-0.2, -0.15) is 10.1 Å². The van der Waals surface area contributed by atoms with Gasteiger partial charge in [0, 0.05) is 19.9 Å². The Morgan fingerprint density at radius 1 is 1.56 bits per heavy atom. The van der Waals surface area contributed by atoms with Crippen molar-refractivity contribution in [3.63, 3.8) is 0 Å². The van der Waals surface area contributed by atoms with E-state index in [2.05, 4.69) is 15.2 Å². The van der Waals surface area contributed by atoms with Crippen LogP contribution in [0.15, 0.2) is 16.8 Å². The van der Waals surface area contributed by atoms with Crippen molar-refractivity contribution in [3.8, 4) is 11.6 Å². The van der Waals surface area contributed by atoms with Gasteiger partial charge in [-0.25, -0.2) is 0 Å². The maximum absolute atomic E-state index is 6.09. The number of hydrogen-bond donors (Lipinski definition) is 1. The van der Waals surface area contributed by atoms with Gasteiger partial charge in [0.05, 0.1) is 6.61 Å². The Labute approximate surface area is 105 Å². The summed E-state index contributed by atoms with van der Waals surface area (Å²) in [4.78, 5) is 4.26. The van der Waals surface area contributed by atoms with Crippen LogP contribution in [0, 0.1) is 0 Å². The van der Waals surface area contributed by atoms with E-state index < -0.39 is 5.54 Å². The molecule has 0 aliphatic heterocycles. The zero-order valence-electron chi connectivity index (χ0n) is 10.8. The second-order valence-corrected chi connectivity index (χ2v) is 4.35. The molecule has 7 heteroatoms. The lowest BCUT2D eigenvalue weighted by Gasteiger charge is -2.19. The van der Waals surface area contributed by atoms with Crippen LogP contribution >= 0.6 is 0 Å². The van der Waals surface area contributed by atoms with Crippen LogP contribution in [0.4, 0.5) is 0 Å². The zero-order valence-corrected chi connectivity index (χ0v) is 10.8. The summed E-state index contributed by atoms with van der Waals surface area (Å²) >= 11 is 0. The van der Waals surface area contributed by atoms with Crippen LogP contribution in [0.25, 0.3) is 11.6 Å². The highest BCUT2D eigenvalue weighted by Gasteiger charge is 2.28. The minimum absolute atomic E-state index is 0.338. The fourth-order valence-electron chi connectivity index (χ4n) is 1.47. The van der Waals surface area contributed by atoms with E-state index in [1.54, 1.807) is 23.9 Å². The van der Waals surface area contributed by atoms with Crippen molar-refractivity contribution in [3.05, 3.63) is 18.1 Å². The minimum Gasteiger partial charge on any atom is -0.379 e. The fraction of sp³-hybridized carbons (Fsp3) is 0.545. The number of nitrogens with zero attached hydrogens (tertiary/aromatic N) is 4. The van der Waals surface area contributed by atoms with Crippen molar-refractivity contribution >= 4 is 0 Å². The van der Waals surface area contributed by atoms with Crippen molar-refractivity contribution < 1.29 is 9.26 Å². The molecule has 18 heavy (non-hydrogen) atoms. The van der Waals surface area contributed by atoms with E-state index >= 15 is 0 Å². The van der Waals surface area contributed by atoms with Gasteiger partial charge >= 0.3 is 0 Å². The molecule has 0 amide bonds. The molecule has 0 aliphatic rings. The second kappa shape index (κ2) is 4.87. The average molecular weight is 251 g/mol. The Morgan fingerprint density at radius 3 is 2.94 bits per heavy atom. The molecule has 0 radical (unpaired) electrons. The standard InChI is InChI=1S/C11H17N5O2/c1-4-17-7-11(2,12)10-13-9(18-15-10)8-5-6-16(3)14-8/h5-6H,4,7,12H2,1-3H3. The third-order valence-corrected chi connectivity index (χ3v) is 2.48. The van der Waals surface area contributed by atoms with Crippen molar-refractivity contribution in [1.82, 2.24) is 19.9 Å². The van der Waals surface area contributed by atoms with E-state index in [4.69, 9.17) is 15.0 Å². The Balaban J connectivity index is 2.19. The summed E-state index contributed by atoms with van der Waals surface area (Å²) in [6.45, 7) is 4.64. The number of aromatic nitrogens is 4. The van der Waals surface area contributed by atoms with E-state index in [1.807, 2.05) is 14.0 Å². The smallest absolute Gasteiger partial charge is 0.278 e. The van der Waals surface area contributed by atoms with E-state index in [0.29, 0.717) is 30.6 Å². The van der Waals surface area contributed by atoms with Crippen molar-refractivity contribution in [2.24, 2.45) is 12.8 Å². The molecule has 0 bridgehead atoms. The molecule has 0 aliphatic carbocycles. The van der Waals surface area contributed by atoms with Gasteiger partial charge in [-0.15, -0.1) is 0 Å². The maximum atomic E-state index is 6.09. The molecule has 2 N–H and O–H groups in total. The van der Waals surface area contributed by atoms with Crippen molar-refractivity contribution in [2.45, 2.75) is 19.4 Å². The largest absolute Gasteiger partial charge is 0.379 e. The fourth-order valence-corrected chi connectivity index (χ4v) is 1.47. The van der Waals surface area contributed by atoms with Crippen LogP contribution in [0.1, 0.15) is 19.7 Å². The number of rotatable bonds is 5. The van der Waals surface area contributed by atoms with E-state index in [0.717, 1.165) is 0 Å². The summed E-state index contributed by atoms with van der Waals surface area (Å²) in [6.07, 6.45) is 1.81. The lowest BCUT2D eigenvalue weighted by molar-refractivity contribution is 0.0962. The van der Waals surface area contributed by atoms with E-state index in [9.17, 15) is 0 Å². The molecule has 2 aromatic heterocycles. The zero-order chi connectivity index (χ0) is 13.2. The van der Waals surface area contributed by atoms with E-state index in [1.165, 1.54) is 0 Å². The van der Waals surface area contributed by atoms with Crippen LogP contribution in [0.3, 0.4) is 0 Å². The maximum Gasteiger partial charge on any atom is 0.278 e. The molecule has 2 rings (SSSR count). The highest BCUT2D eigenvalue weighted by Crippen LogP contribution is 2.19. The summed E-state index contributed by atoms with van der Waals surface area (Å²) in [6, 6.07) is 1.80. The highest BCUT2D eigenvalue weighted by atomic mass is 16.5. The number of hydrogen-bond acceptors (Lipinski definition) is 6. The quantitative estimate of drug-likeness (QED) is 0.840. The van der Waals surface area contributed by atoms with Crippen LogP contribution in [-0.4, -0.2) is 33.1 Å². The Bertz CT molecular complexity index is 517. The second-order valence-electron chi connectivity index (χ2n) is 4.35. The molecule has 0 spiro atoms. The summed E-state index contributed by atoms with van der Waals surface area (Å²) in [7, 11) is 1.82. The third kappa shape index (κ3) is 2.57. The number of aryl methyl sites for hydroxylation is 1. The molecule has 98 valence electrons. The SMILES string of the molecule is CCOCC(C)(N)c1noc(-c2ccn(C)n2)n1. The monoisotopic (exact) mass is 251 g/mol. The van der Waals surface area contributed by atoms with Gasteiger partial charge in [0.1, 0.15) is 5.54 Å². The summed E-state index contributed by atoms with van der Waals surface area (Å²) < 4.78 is 12.1. The van der Waals surface area contributed by atoms with Crippen LogP contribution in [-0.2, 0) is 17.3 Å². The Hall–Kier alpha value is -1.73. The molecule has 7 nitrogen and oxygen atoms in total. The molecule has 0 aromatic carbocycles. The summed E-state index contributed by atoms with van der Waals surface area (Å²) in [5.41, 5.74) is 5.94. The van der Waals surface area contributed by atoms with Crippen molar-refractivity contribution in [2.75, 3.05) is 13.2 Å². The van der Waals surface area contributed by atoms with Gasteiger partial charge in [0.2, 0.25) is 0 Å². The van der Waals surface area contributed by atoms with E-state index in [-0.39, 0.29) is 0 Å². The average Bonchev–Trinajstić information content (AvgIpc) is 2.94. The third-order valence-electron chi connectivity index (χ3n) is 2.48. The minimum atomic E-state index is -0.771. The Kier molecular flexibility index (Phi) is 3.44. The van der Waals surface area contributed by atoms with Crippen LogP contribution in [0.2, 0.25) is 0 Å². The van der Waals surface area contributed by atoms with Crippen LogP contribution < -0.4 is 5.73 Å². The topological polar surface area (TPSA) is 92.0 Å². The number of ether oxygens (including phenoxy) is 1. The first kappa shape index (κ1) is 12.7. The first-order valence-corrected chi connectivity index (χ1v) is 5.74. The molecular formula is C11H17N5O2. The molecule has 2 heterocycles. The van der Waals surface area contributed by atoms with Gasteiger partial charge in [-0.3, -0.25) is 4.68 Å². The lowest BCUT2D eigenvalue weighted by Crippen LogP contribution is -2.39. The highest BCUT2D eigenvalue weighted by molar-refractivity contribution is 5.45. The van der Waals surface area contributed by atoms with Gasteiger partial charge < -0.3 is 15.0 Å². The molecule has 0 saturated carbocycles. The molecular weight excluding hydrogens is 234 g/mol. The van der Waals surface area contributed by atoms with Gasteiger partial charge in [0.15, 0.2) is 11.5 Å². The van der Waals surface area contributed by atoms with Gasteiger partial charge in [-0.1, -0.05) is 5.16 Å². The first-order valence-electron chi connectivity index (χ1n) is 5.74.